The van der Waals surface area contributed by atoms with Gasteiger partial charge >= 0.3 is 0 Å². The fourth-order valence-corrected chi connectivity index (χ4v) is 4.04. The van der Waals surface area contributed by atoms with Gasteiger partial charge < -0.3 is 5.73 Å². The standard InChI is InChI=1S/C14H18N4S2/c1-2-19-11(5-15)8-18-6-10(7-18)13-12-3-4-20-14(12)17-9-16-13/h3-5,9-10H,2,6-8,15H2,1H3/b11-5-. The monoisotopic (exact) mass is 306 g/mol. The molecule has 0 atom stereocenters. The number of fused-ring (bicyclic) bond motifs is 1. The Hall–Kier alpha value is -1.11. The van der Waals surface area contributed by atoms with E-state index in [1.807, 2.05) is 11.8 Å². The van der Waals surface area contributed by atoms with Crippen LogP contribution in [0.25, 0.3) is 10.2 Å². The maximum absolute atomic E-state index is 5.66. The van der Waals surface area contributed by atoms with Crippen LogP contribution in [0.2, 0.25) is 0 Å². The topological polar surface area (TPSA) is 55.0 Å². The molecule has 6 heteroatoms. The van der Waals surface area contributed by atoms with Crippen molar-refractivity contribution in [3.05, 3.63) is 34.6 Å². The van der Waals surface area contributed by atoms with Gasteiger partial charge in [-0.1, -0.05) is 6.92 Å². The lowest BCUT2D eigenvalue weighted by Crippen LogP contribution is -2.46. The number of rotatable bonds is 5. The van der Waals surface area contributed by atoms with Crippen molar-refractivity contribution in [2.24, 2.45) is 5.73 Å². The van der Waals surface area contributed by atoms with Crippen LogP contribution in [0.1, 0.15) is 18.5 Å². The van der Waals surface area contributed by atoms with Gasteiger partial charge in [0.1, 0.15) is 11.2 Å². The molecule has 0 aliphatic carbocycles. The third-order valence-electron chi connectivity index (χ3n) is 3.53. The molecule has 2 aromatic rings. The van der Waals surface area contributed by atoms with Crippen LogP contribution in [0.3, 0.4) is 0 Å². The molecule has 0 amide bonds. The zero-order valence-electron chi connectivity index (χ0n) is 11.5. The summed E-state index contributed by atoms with van der Waals surface area (Å²) in [6, 6.07) is 2.14. The first-order valence-corrected chi connectivity index (χ1v) is 8.62. The molecule has 20 heavy (non-hydrogen) atoms. The third-order valence-corrected chi connectivity index (χ3v) is 5.28. The van der Waals surface area contributed by atoms with Crippen LogP contribution in [0.4, 0.5) is 0 Å². The molecule has 2 N–H and O–H groups in total. The molecule has 106 valence electrons. The van der Waals surface area contributed by atoms with E-state index < -0.39 is 0 Å². The van der Waals surface area contributed by atoms with Gasteiger partial charge in [0.25, 0.3) is 0 Å². The highest BCUT2D eigenvalue weighted by molar-refractivity contribution is 8.03. The summed E-state index contributed by atoms with van der Waals surface area (Å²) in [4.78, 5) is 13.6. The zero-order chi connectivity index (χ0) is 13.9. The van der Waals surface area contributed by atoms with Crippen molar-refractivity contribution in [1.82, 2.24) is 14.9 Å². The Kier molecular flexibility index (Phi) is 4.24. The molecule has 0 aromatic carbocycles. The van der Waals surface area contributed by atoms with Crippen molar-refractivity contribution < 1.29 is 0 Å². The van der Waals surface area contributed by atoms with Gasteiger partial charge in [-0.15, -0.1) is 23.1 Å². The lowest BCUT2D eigenvalue weighted by molar-refractivity contribution is 0.164. The minimum absolute atomic E-state index is 0.528. The quantitative estimate of drug-likeness (QED) is 0.920. The second-order valence-electron chi connectivity index (χ2n) is 4.86. The summed E-state index contributed by atoms with van der Waals surface area (Å²) in [5, 5.41) is 3.31. The zero-order valence-corrected chi connectivity index (χ0v) is 13.1. The van der Waals surface area contributed by atoms with Gasteiger partial charge in [-0.3, -0.25) is 4.90 Å². The Bertz CT molecular complexity index is 616. The number of aromatic nitrogens is 2. The highest BCUT2D eigenvalue weighted by Crippen LogP contribution is 2.32. The lowest BCUT2D eigenvalue weighted by atomic mass is 9.94. The van der Waals surface area contributed by atoms with Crippen LogP contribution in [0.15, 0.2) is 28.9 Å². The van der Waals surface area contributed by atoms with Crippen molar-refractivity contribution in [3.63, 3.8) is 0 Å². The molecule has 1 aliphatic heterocycles. The van der Waals surface area contributed by atoms with Crippen molar-refractivity contribution >= 4 is 33.3 Å². The van der Waals surface area contributed by atoms with Gasteiger partial charge in [0.15, 0.2) is 0 Å². The summed E-state index contributed by atoms with van der Waals surface area (Å²) in [7, 11) is 0. The maximum atomic E-state index is 5.66. The van der Waals surface area contributed by atoms with Crippen LogP contribution in [0, 0.1) is 0 Å². The molecule has 0 radical (unpaired) electrons. The predicted octanol–water partition coefficient (Wildman–Crippen LogP) is 2.64. The Balaban J connectivity index is 1.64. The van der Waals surface area contributed by atoms with Gasteiger partial charge in [0.2, 0.25) is 0 Å². The van der Waals surface area contributed by atoms with E-state index in [1.54, 1.807) is 23.9 Å². The summed E-state index contributed by atoms with van der Waals surface area (Å²) in [5.74, 6) is 1.60. The minimum Gasteiger partial charge on any atom is -0.404 e. The number of nitrogens with zero attached hydrogens (tertiary/aromatic N) is 3. The number of nitrogens with two attached hydrogens (primary N) is 1. The largest absolute Gasteiger partial charge is 0.404 e. The molecule has 2 aromatic heterocycles. The highest BCUT2D eigenvalue weighted by Gasteiger charge is 2.30. The molecule has 1 fully saturated rings. The first-order valence-electron chi connectivity index (χ1n) is 6.75. The van der Waals surface area contributed by atoms with E-state index in [4.69, 9.17) is 5.73 Å². The van der Waals surface area contributed by atoms with Crippen molar-refractivity contribution in [2.75, 3.05) is 25.4 Å². The van der Waals surface area contributed by atoms with Gasteiger partial charge in [-0.05, 0) is 17.2 Å². The lowest BCUT2D eigenvalue weighted by Gasteiger charge is -2.39. The Morgan fingerprint density at radius 2 is 2.40 bits per heavy atom. The van der Waals surface area contributed by atoms with Crippen LogP contribution >= 0.6 is 23.1 Å². The smallest absolute Gasteiger partial charge is 0.126 e. The normalized spacial score (nSPS) is 17.6. The molecule has 0 saturated carbocycles. The summed E-state index contributed by atoms with van der Waals surface area (Å²) in [5.41, 5.74) is 6.87. The fourth-order valence-electron chi connectivity index (χ4n) is 2.56. The van der Waals surface area contributed by atoms with Crippen LogP contribution in [0.5, 0.6) is 0 Å². The minimum atomic E-state index is 0.528. The summed E-state index contributed by atoms with van der Waals surface area (Å²) < 4.78 is 0. The average molecular weight is 306 g/mol. The van der Waals surface area contributed by atoms with Crippen LogP contribution in [-0.2, 0) is 0 Å². The van der Waals surface area contributed by atoms with Crippen molar-refractivity contribution in [2.45, 2.75) is 12.8 Å². The number of thiophene rings is 1. The van der Waals surface area contributed by atoms with Gasteiger partial charge in [0.05, 0.1) is 5.69 Å². The molecule has 0 spiro atoms. The van der Waals surface area contributed by atoms with Gasteiger partial charge in [-0.2, -0.15) is 0 Å². The molecule has 1 aliphatic rings. The first kappa shape index (κ1) is 13.9. The second kappa shape index (κ2) is 6.11. The summed E-state index contributed by atoms with van der Waals surface area (Å²) >= 11 is 3.51. The summed E-state index contributed by atoms with van der Waals surface area (Å²) in [6.07, 6.45) is 3.43. The third kappa shape index (κ3) is 2.68. The SMILES string of the molecule is CCS/C(=C\N)CN1CC(c2ncnc3sccc23)C1. The predicted molar refractivity (Wildman–Crippen MR) is 87.0 cm³/mol. The molecule has 3 heterocycles. The van der Waals surface area contributed by atoms with E-state index in [-0.39, 0.29) is 0 Å². The Morgan fingerprint density at radius 1 is 1.55 bits per heavy atom. The van der Waals surface area contributed by atoms with E-state index in [0.29, 0.717) is 5.92 Å². The Labute approximate surface area is 127 Å². The highest BCUT2D eigenvalue weighted by atomic mass is 32.2. The molecular formula is C14H18N4S2. The van der Waals surface area contributed by atoms with Crippen LogP contribution in [-0.4, -0.2) is 40.3 Å². The fraction of sp³-hybridized carbons (Fsp3) is 0.429. The number of likely N-dealkylation sites (tertiary alicyclic amines) is 1. The Morgan fingerprint density at radius 3 is 3.15 bits per heavy atom. The van der Waals surface area contributed by atoms with E-state index >= 15 is 0 Å². The molecule has 0 bridgehead atoms. The van der Waals surface area contributed by atoms with E-state index in [1.165, 1.54) is 16.0 Å². The van der Waals surface area contributed by atoms with Crippen molar-refractivity contribution in [3.8, 4) is 0 Å². The number of thioether (sulfide) groups is 1. The molecule has 3 rings (SSSR count). The number of hydrogen-bond donors (Lipinski definition) is 1. The second-order valence-corrected chi connectivity index (χ2v) is 7.14. The molecule has 0 unspecified atom stereocenters. The summed E-state index contributed by atoms with van der Waals surface area (Å²) in [6.45, 7) is 5.23. The van der Waals surface area contributed by atoms with Gasteiger partial charge in [-0.25, -0.2) is 9.97 Å². The molecule has 4 nitrogen and oxygen atoms in total. The first-order chi connectivity index (χ1) is 9.81. The molecular weight excluding hydrogens is 288 g/mol. The van der Waals surface area contributed by atoms with Crippen LogP contribution < -0.4 is 5.73 Å². The van der Waals surface area contributed by atoms with E-state index in [2.05, 4.69) is 33.2 Å². The van der Waals surface area contributed by atoms with E-state index in [9.17, 15) is 0 Å². The van der Waals surface area contributed by atoms with Crippen molar-refractivity contribution in [1.29, 1.82) is 0 Å². The maximum Gasteiger partial charge on any atom is 0.126 e. The average Bonchev–Trinajstić information content (AvgIpc) is 2.89. The van der Waals surface area contributed by atoms with Gasteiger partial charge in [0, 0.05) is 42.0 Å². The number of hydrogen-bond acceptors (Lipinski definition) is 6. The molecule has 1 saturated heterocycles. The van der Waals surface area contributed by atoms with E-state index in [0.717, 1.165) is 30.2 Å².